The molecule has 7 heteroatoms. The minimum absolute atomic E-state index is 0.0371. The summed E-state index contributed by atoms with van der Waals surface area (Å²) in [6.07, 6.45) is 1.92. The summed E-state index contributed by atoms with van der Waals surface area (Å²) < 4.78 is 6.97. The van der Waals surface area contributed by atoms with Crippen LogP contribution in [0.1, 0.15) is 35.5 Å². The van der Waals surface area contributed by atoms with Crippen LogP contribution in [-0.4, -0.2) is 33.2 Å². The van der Waals surface area contributed by atoms with Crippen molar-refractivity contribution in [3.05, 3.63) is 57.5 Å². The molecule has 6 nitrogen and oxygen atoms in total. The third-order valence-corrected chi connectivity index (χ3v) is 5.45. The Morgan fingerprint density at radius 3 is 2.70 bits per heavy atom. The number of carbonyl (C=O) groups is 1. The lowest BCUT2D eigenvalue weighted by molar-refractivity contribution is 0.0913. The molecule has 0 spiro atoms. The fourth-order valence-electron chi connectivity index (χ4n) is 2.73. The van der Waals surface area contributed by atoms with Crippen LogP contribution in [0.3, 0.4) is 0 Å². The number of benzene rings is 1. The van der Waals surface area contributed by atoms with E-state index in [4.69, 9.17) is 4.74 Å². The number of aryl methyl sites for hydroxylation is 1. The molecule has 0 amide bonds. The predicted molar refractivity (Wildman–Crippen MR) is 106 cm³/mol. The van der Waals surface area contributed by atoms with Gasteiger partial charge in [0.15, 0.2) is 5.78 Å². The molecule has 1 atom stereocenters. The van der Waals surface area contributed by atoms with Crippen molar-refractivity contribution in [3.63, 3.8) is 0 Å². The summed E-state index contributed by atoms with van der Waals surface area (Å²) in [6.45, 7) is 3.99. The zero-order valence-electron chi connectivity index (χ0n) is 15.3. The summed E-state index contributed by atoms with van der Waals surface area (Å²) in [6, 6.07) is 8.68. The van der Waals surface area contributed by atoms with Crippen molar-refractivity contribution in [1.82, 2.24) is 9.55 Å². The topological polar surface area (TPSA) is 81.4 Å². The molecule has 142 valence electrons. The molecule has 3 aromatic rings. The highest BCUT2D eigenvalue weighted by Gasteiger charge is 2.12. The number of carbonyl (C=O) groups excluding carboxylic acids is 1. The van der Waals surface area contributed by atoms with Gasteiger partial charge in [-0.05, 0) is 36.8 Å². The lowest BCUT2D eigenvalue weighted by Gasteiger charge is -2.14. The van der Waals surface area contributed by atoms with Crippen molar-refractivity contribution in [2.45, 2.75) is 39.3 Å². The van der Waals surface area contributed by atoms with E-state index in [9.17, 15) is 14.7 Å². The highest BCUT2D eigenvalue weighted by Crippen LogP contribution is 2.21. The summed E-state index contributed by atoms with van der Waals surface area (Å²) in [7, 11) is 0. The van der Waals surface area contributed by atoms with Crippen molar-refractivity contribution in [3.8, 4) is 5.75 Å². The lowest BCUT2D eigenvalue weighted by Crippen LogP contribution is -2.30. The van der Waals surface area contributed by atoms with Gasteiger partial charge in [-0.1, -0.05) is 13.8 Å². The Bertz CT molecular complexity index is 991. The number of hydrogen-bond acceptors (Lipinski definition) is 6. The first-order valence-electron chi connectivity index (χ1n) is 8.93. The molecule has 3 rings (SSSR count). The lowest BCUT2D eigenvalue weighted by atomic mass is 10.1. The molecule has 1 unspecified atom stereocenters. The maximum Gasteiger partial charge on any atom is 0.262 e. The maximum atomic E-state index is 12.5. The molecule has 0 saturated carbocycles. The number of hydrogen-bond donors (Lipinski definition) is 1. The Morgan fingerprint density at radius 1 is 1.30 bits per heavy atom. The van der Waals surface area contributed by atoms with Crippen LogP contribution in [0.4, 0.5) is 0 Å². The number of thiophene rings is 1. The average molecular weight is 386 g/mol. The van der Waals surface area contributed by atoms with Crippen molar-refractivity contribution >= 4 is 27.3 Å². The molecule has 1 aromatic carbocycles. The van der Waals surface area contributed by atoms with E-state index in [-0.39, 0.29) is 24.5 Å². The van der Waals surface area contributed by atoms with Gasteiger partial charge in [-0.15, -0.1) is 11.3 Å². The van der Waals surface area contributed by atoms with Gasteiger partial charge in [-0.25, -0.2) is 4.98 Å². The smallest absolute Gasteiger partial charge is 0.262 e. The summed E-state index contributed by atoms with van der Waals surface area (Å²) in [4.78, 5) is 30.3. The van der Waals surface area contributed by atoms with Crippen molar-refractivity contribution < 1.29 is 14.6 Å². The van der Waals surface area contributed by atoms with Crippen LogP contribution in [0.15, 0.2) is 41.5 Å². The fraction of sp³-hybridized carbons (Fsp3) is 0.350. The molecule has 2 aromatic heterocycles. The summed E-state index contributed by atoms with van der Waals surface area (Å²) in [5, 5.41) is 10.8. The molecular formula is C20H22N2O4S. The summed E-state index contributed by atoms with van der Waals surface area (Å²) in [5.41, 5.74) is 0.482. The van der Waals surface area contributed by atoms with Crippen LogP contribution in [0.25, 0.3) is 10.2 Å². The monoisotopic (exact) mass is 386 g/mol. The van der Waals surface area contributed by atoms with Gasteiger partial charge in [-0.2, -0.15) is 0 Å². The van der Waals surface area contributed by atoms with E-state index < -0.39 is 6.10 Å². The first-order valence-corrected chi connectivity index (χ1v) is 9.75. The SMILES string of the molecule is CCC(=O)c1ccc(OCC(O)Cn2cnc3sc(CC)cc3c2=O)cc1. The molecule has 0 saturated heterocycles. The zero-order chi connectivity index (χ0) is 19.4. The van der Waals surface area contributed by atoms with Crippen molar-refractivity contribution in [2.24, 2.45) is 0 Å². The minimum Gasteiger partial charge on any atom is -0.491 e. The fourth-order valence-corrected chi connectivity index (χ4v) is 3.65. The Labute approximate surface area is 161 Å². The van der Waals surface area contributed by atoms with Gasteiger partial charge in [0, 0.05) is 16.9 Å². The highest BCUT2D eigenvalue weighted by atomic mass is 32.1. The first kappa shape index (κ1) is 19.3. The number of ketones is 1. The third kappa shape index (κ3) is 4.43. The number of nitrogens with zero attached hydrogens (tertiary/aromatic N) is 2. The van der Waals surface area contributed by atoms with Gasteiger partial charge in [0.1, 0.15) is 23.3 Å². The Balaban J connectivity index is 1.63. The molecule has 2 heterocycles. The van der Waals surface area contributed by atoms with Crippen LogP contribution in [-0.2, 0) is 13.0 Å². The van der Waals surface area contributed by atoms with Gasteiger partial charge in [0.05, 0.1) is 18.3 Å². The normalized spacial score (nSPS) is 12.3. The molecule has 27 heavy (non-hydrogen) atoms. The maximum absolute atomic E-state index is 12.5. The van der Waals surface area contributed by atoms with E-state index in [2.05, 4.69) is 4.98 Å². The van der Waals surface area contributed by atoms with E-state index in [1.54, 1.807) is 24.3 Å². The molecule has 0 radical (unpaired) electrons. The van der Waals surface area contributed by atoms with E-state index in [1.807, 2.05) is 19.9 Å². The van der Waals surface area contributed by atoms with E-state index >= 15 is 0 Å². The Hall–Kier alpha value is -2.51. The Morgan fingerprint density at radius 2 is 2.04 bits per heavy atom. The van der Waals surface area contributed by atoms with Gasteiger partial charge >= 0.3 is 0 Å². The molecule has 0 aliphatic rings. The van der Waals surface area contributed by atoms with Crippen LogP contribution in [0.5, 0.6) is 5.75 Å². The second kappa shape index (κ2) is 8.45. The predicted octanol–water partition coefficient (Wildman–Crippen LogP) is 3.05. The Kier molecular flexibility index (Phi) is 6.03. The van der Waals surface area contributed by atoms with E-state index in [0.717, 1.165) is 16.1 Å². The molecule has 0 aliphatic heterocycles. The van der Waals surface area contributed by atoms with E-state index in [1.165, 1.54) is 22.2 Å². The number of aromatic nitrogens is 2. The van der Waals surface area contributed by atoms with Crippen LogP contribution in [0.2, 0.25) is 0 Å². The molecule has 0 fully saturated rings. The highest BCUT2D eigenvalue weighted by molar-refractivity contribution is 7.18. The second-order valence-corrected chi connectivity index (χ2v) is 7.37. The number of aliphatic hydroxyl groups excluding tert-OH is 1. The van der Waals surface area contributed by atoms with Crippen LogP contribution in [0, 0.1) is 0 Å². The number of aliphatic hydroxyl groups is 1. The largest absolute Gasteiger partial charge is 0.491 e. The van der Waals surface area contributed by atoms with Gasteiger partial charge < -0.3 is 9.84 Å². The number of fused-ring (bicyclic) bond motifs is 1. The number of ether oxygens (including phenoxy) is 1. The summed E-state index contributed by atoms with van der Waals surface area (Å²) in [5.74, 6) is 0.636. The summed E-state index contributed by atoms with van der Waals surface area (Å²) >= 11 is 1.52. The van der Waals surface area contributed by atoms with E-state index in [0.29, 0.717) is 23.1 Å². The minimum atomic E-state index is -0.858. The third-order valence-electron chi connectivity index (χ3n) is 4.26. The molecule has 0 bridgehead atoms. The molecule has 1 N–H and O–H groups in total. The molecule has 0 aliphatic carbocycles. The average Bonchev–Trinajstić information content (AvgIpc) is 3.12. The number of Topliss-reactive ketones (excluding diaryl/α,β-unsaturated/α-hetero) is 1. The van der Waals surface area contributed by atoms with Crippen molar-refractivity contribution in [2.75, 3.05) is 6.61 Å². The quantitative estimate of drug-likeness (QED) is 0.602. The van der Waals surface area contributed by atoms with Crippen LogP contribution < -0.4 is 10.3 Å². The van der Waals surface area contributed by atoms with Gasteiger partial charge in [0.25, 0.3) is 5.56 Å². The van der Waals surface area contributed by atoms with Gasteiger partial charge in [0.2, 0.25) is 0 Å². The standard InChI is InChI=1S/C20H22N2O4S/c1-3-16-9-17-19(27-16)21-12-22(20(17)25)10-14(23)11-26-15-7-5-13(6-8-15)18(24)4-2/h5-9,12,14,23H,3-4,10-11H2,1-2H3. The molecular weight excluding hydrogens is 364 g/mol. The number of rotatable bonds is 8. The van der Waals surface area contributed by atoms with Crippen molar-refractivity contribution in [1.29, 1.82) is 0 Å². The van der Waals surface area contributed by atoms with Crippen LogP contribution >= 0.6 is 11.3 Å². The zero-order valence-corrected chi connectivity index (χ0v) is 16.2. The second-order valence-electron chi connectivity index (χ2n) is 6.25. The van der Waals surface area contributed by atoms with Gasteiger partial charge in [-0.3, -0.25) is 14.2 Å². The first-order chi connectivity index (χ1) is 13.0.